The van der Waals surface area contributed by atoms with Crippen molar-refractivity contribution in [3.05, 3.63) is 29.9 Å². The first-order valence-electron chi connectivity index (χ1n) is 6.15. The van der Waals surface area contributed by atoms with Gasteiger partial charge in [0.25, 0.3) is 5.91 Å². The summed E-state index contributed by atoms with van der Waals surface area (Å²) in [5, 5.41) is 10.7. The summed E-state index contributed by atoms with van der Waals surface area (Å²) in [6.45, 7) is 6.24. The fourth-order valence-electron chi connectivity index (χ4n) is 1.94. The normalized spacial score (nSPS) is 11.0. The third-order valence-corrected chi connectivity index (χ3v) is 2.95. The molecule has 0 aliphatic carbocycles. The molecule has 19 heavy (non-hydrogen) atoms. The molecule has 102 valence electrons. The van der Waals surface area contributed by atoms with E-state index >= 15 is 0 Å². The number of nitrogens with zero attached hydrogens (tertiary/aromatic N) is 5. The van der Waals surface area contributed by atoms with Gasteiger partial charge in [-0.3, -0.25) is 4.79 Å². The fraction of sp³-hybridized carbons (Fsp3) is 0.500. The number of rotatable bonds is 4. The molecule has 0 bridgehead atoms. The number of amides is 1. The second-order valence-electron chi connectivity index (χ2n) is 4.72. The van der Waals surface area contributed by atoms with Gasteiger partial charge in [0, 0.05) is 13.1 Å². The molecule has 7 heteroatoms. The van der Waals surface area contributed by atoms with E-state index in [2.05, 4.69) is 20.5 Å². The maximum Gasteiger partial charge on any atom is 0.270 e. The molecule has 0 fully saturated rings. The molecule has 0 atom stereocenters. The second kappa shape index (κ2) is 5.21. The third-order valence-electron chi connectivity index (χ3n) is 2.95. The highest BCUT2D eigenvalue weighted by molar-refractivity contribution is 5.93. The van der Waals surface area contributed by atoms with E-state index < -0.39 is 0 Å². The summed E-state index contributed by atoms with van der Waals surface area (Å²) < 4.78 is 3.63. The number of nitrogens with one attached hydrogen (secondary N) is 1. The Morgan fingerprint density at radius 2 is 2.16 bits per heavy atom. The average molecular weight is 262 g/mol. The first-order valence-corrected chi connectivity index (χ1v) is 6.15. The lowest BCUT2D eigenvalue weighted by Gasteiger charge is -2.11. The smallest absolute Gasteiger partial charge is 0.270 e. The number of hydrogen-bond acceptors (Lipinski definition) is 4. The van der Waals surface area contributed by atoms with Crippen molar-refractivity contribution >= 4 is 5.91 Å². The van der Waals surface area contributed by atoms with Crippen molar-refractivity contribution < 1.29 is 4.79 Å². The predicted molar refractivity (Wildman–Crippen MR) is 69.5 cm³/mol. The highest BCUT2D eigenvalue weighted by Gasteiger charge is 2.15. The minimum absolute atomic E-state index is 0.157. The summed E-state index contributed by atoms with van der Waals surface area (Å²) in [5.74, 6) is 0.582. The number of carbonyl (C=O) groups excluding carboxylic acids is 1. The number of aromatic nitrogens is 5. The summed E-state index contributed by atoms with van der Waals surface area (Å²) in [4.78, 5) is 16.2. The quantitative estimate of drug-likeness (QED) is 0.885. The zero-order valence-electron chi connectivity index (χ0n) is 11.6. The highest BCUT2D eigenvalue weighted by atomic mass is 16.2. The van der Waals surface area contributed by atoms with Crippen LogP contribution in [0.25, 0.3) is 0 Å². The number of hydrogen-bond donors (Lipinski definition) is 1. The second-order valence-corrected chi connectivity index (χ2v) is 4.72. The van der Waals surface area contributed by atoms with Crippen molar-refractivity contribution in [1.29, 1.82) is 0 Å². The Balaban J connectivity index is 2.07. The zero-order valence-corrected chi connectivity index (χ0v) is 11.6. The van der Waals surface area contributed by atoms with Gasteiger partial charge >= 0.3 is 0 Å². The van der Waals surface area contributed by atoms with Gasteiger partial charge in [0.1, 0.15) is 12.0 Å². The summed E-state index contributed by atoms with van der Waals surface area (Å²) in [7, 11) is 1.80. The molecule has 0 saturated heterocycles. The average Bonchev–Trinajstić information content (AvgIpc) is 2.93. The largest absolute Gasteiger partial charge is 0.343 e. The van der Waals surface area contributed by atoms with Crippen molar-refractivity contribution in [3.63, 3.8) is 0 Å². The summed E-state index contributed by atoms with van der Waals surface area (Å²) in [5.41, 5.74) is 1.28. The zero-order chi connectivity index (χ0) is 14.0. The fourth-order valence-corrected chi connectivity index (χ4v) is 1.94. The molecule has 2 heterocycles. The molecule has 1 amide bonds. The van der Waals surface area contributed by atoms with Crippen LogP contribution in [0.4, 0.5) is 0 Å². The molecule has 1 N–H and O–H groups in total. The SMILES string of the molecule is Cc1ncn(C)c1C(=O)NCc1nncn1C(C)C. The first kappa shape index (κ1) is 13.3. The van der Waals surface area contributed by atoms with E-state index in [1.54, 1.807) is 24.3 Å². The van der Waals surface area contributed by atoms with Gasteiger partial charge in [-0.1, -0.05) is 0 Å². The Morgan fingerprint density at radius 1 is 1.42 bits per heavy atom. The topological polar surface area (TPSA) is 77.6 Å². The summed E-state index contributed by atoms with van der Waals surface area (Å²) in [6.07, 6.45) is 3.29. The number of carbonyl (C=O) groups is 1. The van der Waals surface area contributed by atoms with E-state index in [1.165, 1.54) is 0 Å². The van der Waals surface area contributed by atoms with Crippen LogP contribution in [0.1, 0.15) is 41.9 Å². The van der Waals surface area contributed by atoms with Crippen LogP contribution < -0.4 is 5.32 Å². The molecular weight excluding hydrogens is 244 g/mol. The van der Waals surface area contributed by atoms with Crippen LogP contribution in [0.15, 0.2) is 12.7 Å². The number of imidazole rings is 1. The van der Waals surface area contributed by atoms with Crippen LogP contribution in [0.3, 0.4) is 0 Å². The van der Waals surface area contributed by atoms with E-state index in [0.717, 1.165) is 5.82 Å². The van der Waals surface area contributed by atoms with Gasteiger partial charge in [0.15, 0.2) is 5.82 Å². The minimum Gasteiger partial charge on any atom is -0.343 e. The van der Waals surface area contributed by atoms with Crippen molar-refractivity contribution in [2.75, 3.05) is 0 Å². The van der Waals surface area contributed by atoms with Crippen LogP contribution in [0, 0.1) is 6.92 Å². The molecule has 2 aromatic rings. The third kappa shape index (κ3) is 2.64. The van der Waals surface area contributed by atoms with Gasteiger partial charge in [-0.05, 0) is 20.8 Å². The molecule has 2 rings (SSSR count). The van der Waals surface area contributed by atoms with Crippen molar-refractivity contribution in [2.24, 2.45) is 7.05 Å². The summed E-state index contributed by atoms with van der Waals surface area (Å²) in [6, 6.07) is 0.264. The van der Waals surface area contributed by atoms with E-state index in [-0.39, 0.29) is 11.9 Å². The van der Waals surface area contributed by atoms with Gasteiger partial charge in [0.2, 0.25) is 0 Å². The van der Waals surface area contributed by atoms with Gasteiger partial charge in [-0.25, -0.2) is 4.98 Å². The lowest BCUT2D eigenvalue weighted by atomic mass is 10.3. The maximum absolute atomic E-state index is 12.1. The monoisotopic (exact) mass is 262 g/mol. The summed E-state index contributed by atoms with van der Waals surface area (Å²) >= 11 is 0. The minimum atomic E-state index is -0.157. The van der Waals surface area contributed by atoms with Crippen LogP contribution in [-0.4, -0.2) is 30.2 Å². The van der Waals surface area contributed by atoms with Crippen LogP contribution in [0.5, 0.6) is 0 Å². The lowest BCUT2D eigenvalue weighted by molar-refractivity contribution is 0.0940. The van der Waals surface area contributed by atoms with Crippen molar-refractivity contribution in [1.82, 2.24) is 29.6 Å². The number of aryl methyl sites for hydroxylation is 2. The standard InChI is InChI=1S/C12H18N6O/c1-8(2)18-7-15-16-10(18)5-13-12(19)11-9(3)14-6-17(11)4/h6-8H,5H2,1-4H3,(H,13,19). The Kier molecular flexibility index (Phi) is 3.64. The van der Waals surface area contributed by atoms with E-state index in [0.29, 0.717) is 17.9 Å². The molecule has 0 aliphatic heterocycles. The van der Waals surface area contributed by atoms with Crippen LogP contribution in [0.2, 0.25) is 0 Å². The molecule has 0 radical (unpaired) electrons. The molecule has 2 aromatic heterocycles. The maximum atomic E-state index is 12.1. The van der Waals surface area contributed by atoms with Crippen LogP contribution >= 0.6 is 0 Å². The molecule has 0 spiro atoms. The molecule has 7 nitrogen and oxygen atoms in total. The van der Waals surface area contributed by atoms with E-state index in [1.807, 2.05) is 25.3 Å². The Bertz CT molecular complexity index is 563. The van der Waals surface area contributed by atoms with Gasteiger partial charge in [-0.15, -0.1) is 10.2 Å². The predicted octanol–water partition coefficient (Wildman–Crippen LogP) is 0.831. The van der Waals surface area contributed by atoms with Gasteiger partial charge in [0.05, 0.1) is 18.6 Å². The van der Waals surface area contributed by atoms with Crippen molar-refractivity contribution in [3.8, 4) is 0 Å². The molecule has 0 aromatic carbocycles. The Morgan fingerprint density at radius 3 is 2.74 bits per heavy atom. The molecule has 0 unspecified atom stereocenters. The van der Waals surface area contributed by atoms with Gasteiger partial charge < -0.3 is 14.5 Å². The van der Waals surface area contributed by atoms with Crippen molar-refractivity contribution in [2.45, 2.75) is 33.4 Å². The molecule has 0 saturated carbocycles. The molecule has 0 aliphatic rings. The van der Waals surface area contributed by atoms with E-state index in [9.17, 15) is 4.79 Å². The Hall–Kier alpha value is -2.18. The van der Waals surface area contributed by atoms with E-state index in [4.69, 9.17) is 0 Å². The van der Waals surface area contributed by atoms with Gasteiger partial charge in [-0.2, -0.15) is 0 Å². The first-order chi connectivity index (χ1) is 9.00. The van der Waals surface area contributed by atoms with Crippen LogP contribution in [-0.2, 0) is 13.6 Å². The Labute approximate surface area is 111 Å². The highest BCUT2D eigenvalue weighted by Crippen LogP contribution is 2.07. The lowest BCUT2D eigenvalue weighted by Crippen LogP contribution is -2.27. The molecular formula is C12H18N6O.